The third-order valence-electron chi connectivity index (χ3n) is 4.25. The molecule has 1 N–H and O–H groups in total. The Labute approximate surface area is 157 Å². The van der Waals surface area contributed by atoms with Crippen molar-refractivity contribution in [3.05, 3.63) is 72.6 Å². The van der Waals surface area contributed by atoms with Crippen LogP contribution in [-0.4, -0.2) is 35.1 Å². The zero-order chi connectivity index (χ0) is 18.5. The Morgan fingerprint density at radius 1 is 1.00 bits per heavy atom. The molecule has 27 heavy (non-hydrogen) atoms. The Hall–Kier alpha value is -3.41. The van der Waals surface area contributed by atoms with E-state index in [1.54, 1.807) is 18.5 Å². The van der Waals surface area contributed by atoms with Crippen molar-refractivity contribution >= 4 is 5.91 Å². The first-order chi connectivity index (χ1) is 13.3. The van der Waals surface area contributed by atoms with Gasteiger partial charge in [0, 0.05) is 24.5 Å². The molecule has 0 aliphatic carbocycles. The third kappa shape index (κ3) is 4.06. The molecule has 6 heteroatoms. The molecule has 1 atom stereocenters. The van der Waals surface area contributed by atoms with Crippen LogP contribution < -0.4 is 14.8 Å². The van der Waals surface area contributed by atoms with Crippen LogP contribution in [0.4, 0.5) is 0 Å². The number of carbonyl (C=O) groups excluding carboxylic acids is 1. The Morgan fingerprint density at radius 3 is 2.48 bits per heavy atom. The van der Waals surface area contributed by atoms with E-state index in [9.17, 15) is 4.79 Å². The summed E-state index contributed by atoms with van der Waals surface area (Å²) in [6, 6.07) is 17.1. The van der Waals surface area contributed by atoms with Gasteiger partial charge >= 0.3 is 0 Å². The van der Waals surface area contributed by atoms with E-state index in [0.717, 1.165) is 11.1 Å². The highest BCUT2D eigenvalue weighted by atomic mass is 16.6. The number of amides is 1. The number of aromatic nitrogens is 2. The van der Waals surface area contributed by atoms with Crippen LogP contribution in [0, 0.1) is 0 Å². The summed E-state index contributed by atoms with van der Waals surface area (Å²) in [6.07, 6.45) is 3.58. The van der Waals surface area contributed by atoms with Gasteiger partial charge in [-0.3, -0.25) is 4.79 Å². The predicted molar refractivity (Wildman–Crippen MR) is 101 cm³/mol. The summed E-state index contributed by atoms with van der Waals surface area (Å²) < 4.78 is 11.3. The number of carbonyl (C=O) groups is 1. The van der Waals surface area contributed by atoms with Gasteiger partial charge < -0.3 is 14.8 Å². The second kappa shape index (κ2) is 7.86. The third-order valence-corrected chi connectivity index (χ3v) is 4.25. The molecule has 0 fully saturated rings. The average Bonchev–Trinajstić information content (AvgIpc) is 2.74. The fraction of sp³-hybridized carbons (Fsp3) is 0.190. The molecule has 4 rings (SSSR count). The minimum Gasteiger partial charge on any atom is -0.485 e. The molecule has 3 aromatic rings. The van der Waals surface area contributed by atoms with Crippen molar-refractivity contribution in [2.45, 2.75) is 12.5 Å². The maximum Gasteiger partial charge on any atom is 0.264 e. The normalized spacial score (nSPS) is 15.2. The van der Waals surface area contributed by atoms with Crippen LogP contribution in [0.5, 0.6) is 11.5 Å². The summed E-state index contributed by atoms with van der Waals surface area (Å²) in [5.74, 6) is 1.76. The highest BCUT2D eigenvalue weighted by molar-refractivity contribution is 5.81. The van der Waals surface area contributed by atoms with Gasteiger partial charge in [-0.05, 0) is 24.1 Å². The second-order valence-corrected chi connectivity index (χ2v) is 6.19. The van der Waals surface area contributed by atoms with Gasteiger partial charge in [-0.2, -0.15) is 0 Å². The van der Waals surface area contributed by atoms with Crippen LogP contribution in [0.15, 0.2) is 67.0 Å². The van der Waals surface area contributed by atoms with Crippen LogP contribution in [-0.2, 0) is 11.2 Å². The first kappa shape index (κ1) is 17.0. The van der Waals surface area contributed by atoms with Crippen LogP contribution in [0.3, 0.4) is 0 Å². The number of fused-ring (bicyclic) bond motifs is 1. The molecule has 0 radical (unpaired) electrons. The topological polar surface area (TPSA) is 73.3 Å². The van der Waals surface area contributed by atoms with Gasteiger partial charge in [0.2, 0.25) is 6.10 Å². The number of nitrogens with zero attached hydrogens (tertiary/aromatic N) is 2. The molecule has 0 bridgehead atoms. The van der Waals surface area contributed by atoms with E-state index < -0.39 is 6.10 Å². The molecule has 0 spiro atoms. The van der Waals surface area contributed by atoms with E-state index in [1.165, 1.54) is 0 Å². The number of nitrogens with one attached hydrogen (secondary N) is 1. The standard InChI is InChI=1S/C21H19N3O3/c25-21(19-14-26-17-8-4-5-9-18(17)27-19)22-11-10-15-12-23-20(24-13-15)16-6-2-1-3-7-16/h1-9,12-13,19H,10-11,14H2,(H,22,25). The van der Waals surface area contributed by atoms with E-state index in [1.807, 2.05) is 48.5 Å². The Morgan fingerprint density at radius 2 is 1.70 bits per heavy atom. The maximum atomic E-state index is 12.3. The van der Waals surface area contributed by atoms with Crippen LogP contribution in [0.2, 0.25) is 0 Å². The number of hydrogen-bond donors (Lipinski definition) is 1. The van der Waals surface area contributed by atoms with Gasteiger partial charge in [0.25, 0.3) is 5.91 Å². The van der Waals surface area contributed by atoms with Crippen LogP contribution in [0.1, 0.15) is 5.56 Å². The smallest absolute Gasteiger partial charge is 0.264 e. The first-order valence-electron chi connectivity index (χ1n) is 8.82. The molecule has 1 aromatic heterocycles. The maximum absolute atomic E-state index is 12.3. The highest BCUT2D eigenvalue weighted by Gasteiger charge is 2.26. The van der Waals surface area contributed by atoms with Gasteiger partial charge in [-0.25, -0.2) is 9.97 Å². The van der Waals surface area contributed by atoms with Crippen LogP contribution in [0.25, 0.3) is 11.4 Å². The van der Waals surface area contributed by atoms with Crippen molar-refractivity contribution < 1.29 is 14.3 Å². The molecule has 2 aromatic carbocycles. The zero-order valence-electron chi connectivity index (χ0n) is 14.7. The van der Waals surface area contributed by atoms with E-state index in [-0.39, 0.29) is 12.5 Å². The molecule has 1 amide bonds. The van der Waals surface area contributed by atoms with Gasteiger partial charge in [0.15, 0.2) is 17.3 Å². The van der Waals surface area contributed by atoms with E-state index in [0.29, 0.717) is 30.3 Å². The summed E-state index contributed by atoms with van der Waals surface area (Å²) in [7, 11) is 0. The van der Waals surface area contributed by atoms with E-state index >= 15 is 0 Å². The summed E-state index contributed by atoms with van der Waals surface area (Å²) in [5, 5.41) is 2.88. The van der Waals surface area contributed by atoms with Gasteiger partial charge in [-0.1, -0.05) is 42.5 Å². The van der Waals surface area contributed by atoms with E-state index in [4.69, 9.17) is 9.47 Å². The molecule has 136 valence electrons. The van der Waals surface area contributed by atoms with Crippen molar-refractivity contribution in [2.24, 2.45) is 0 Å². The number of benzene rings is 2. The first-order valence-corrected chi connectivity index (χ1v) is 8.82. The monoisotopic (exact) mass is 361 g/mol. The second-order valence-electron chi connectivity index (χ2n) is 6.19. The molecule has 2 heterocycles. The molecule has 0 saturated carbocycles. The largest absolute Gasteiger partial charge is 0.485 e. The fourth-order valence-electron chi connectivity index (χ4n) is 2.81. The highest BCUT2D eigenvalue weighted by Crippen LogP contribution is 2.30. The summed E-state index contributed by atoms with van der Waals surface area (Å²) in [4.78, 5) is 21.1. The average molecular weight is 361 g/mol. The molecule has 0 saturated heterocycles. The van der Waals surface area contributed by atoms with Crippen molar-refractivity contribution in [1.82, 2.24) is 15.3 Å². The van der Waals surface area contributed by atoms with E-state index in [2.05, 4.69) is 15.3 Å². The Kier molecular flexibility index (Phi) is 4.96. The Bertz CT molecular complexity index is 913. The summed E-state index contributed by atoms with van der Waals surface area (Å²) in [6.45, 7) is 0.687. The lowest BCUT2D eigenvalue weighted by atomic mass is 10.2. The van der Waals surface area contributed by atoms with Crippen molar-refractivity contribution in [3.63, 3.8) is 0 Å². The van der Waals surface area contributed by atoms with Gasteiger partial charge in [0.1, 0.15) is 6.61 Å². The van der Waals surface area contributed by atoms with Crippen molar-refractivity contribution in [3.8, 4) is 22.9 Å². The lowest BCUT2D eigenvalue weighted by molar-refractivity contribution is -0.130. The fourth-order valence-corrected chi connectivity index (χ4v) is 2.81. The zero-order valence-corrected chi connectivity index (χ0v) is 14.7. The molecular formula is C21H19N3O3. The molecule has 1 unspecified atom stereocenters. The quantitative estimate of drug-likeness (QED) is 0.756. The predicted octanol–water partition coefficient (Wildman–Crippen LogP) is 2.64. The van der Waals surface area contributed by atoms with Gasteiger partial charge in [-0.15, -0.1) is 0 Å². The lowest BCUT2D eigenvalue weighted by Crippen LogP contribution is -2.44. The van der Waals surface area contributed by atoms with Crippen molar-refractivity contribution in [1.29, 1.82) is 0 Å². The molecular weight excluding hydrogens is 342 g/mol. The minimum absolute atomic E-state index is 0.189. The number of hydrogen-bond acceptors (Lipinski definition) is 5. The summed E-state index contributed by atoms with van der Waals surface area (Å²) in [5.41, 5.74) is 1.94. The number of ether oxygens (including phenoxy) is 2. The molecule has 1 aliphatic heterocycles. The van der Waals surface area contributed by atoms with Crippen molar-refractivity contribution in [2.75, 3.05) is 13.2 Å². The molecule has 1 aliphatic rings. The minimum atomic E-state index is -0.642. The number of para-hydroxylation sites is 2. The Balaban J connectivity index is 1.28. The van der Waals surface area contributed by atoms with Gasteiger partial charge in [0.05, 0.1) is 0 Å². The number of rotatable bonds is 5. The lowest BCUT2D eigenvalue weighted by Gasteiger charge is -2.25. The SMILES string of the molecule is O=C(NCCc1cnc(-c2ccccc2)nc1)C1COc2ccccc2O1. The summed E-state index contributed by atoms with van der Waals surface area (Å²) >= 11 is 0. The molecule has 6 nitrogen and oxygen atoms in total. The van der Waals surface area contributed by atoms with Crippen LogP contribution >= 0.6 is 0 Å².